The third-order valence-electron chi connectivity index (χ3n) is 4.73. The van der Waals surface area contributed by atoms with E-state index < -0.39 is 35.8 Å². The monoisotopic (exact) mass is 505 g/mol. The van der Waals surface area contributed by atoms with Gasteiger partial charge in [0, 0.05) is 11.0 Å². The first-order valence-electron chi connectivity index (χ1n) is 10.5. The lowest BCUT2D eigenvalue weighted by Gasteiger charge is -2.28. The molecule has 0 aliphatic heterocycles. The summed E-state index contributed by atoms with van der Waals surface area (Å²) in [5.41, 5.74) is 6.80. The minimum Gasteiger partial charge on any atom is -0.444 e. The molecule has 2 aromatic rings. The Labute approximate surface area is 197 Å². The molecule has 8 heteroatoms. The molecule has 2 rings (SSSR count). The van der Waals surface area contributed by atoms with Crippen LogP contribution in [0.25, 0.3) is 0 Å². The number of carbonyl (C=O) groups is 2. The third kappa shape index (κ3) is 9.38. The third-order valence-corrected chi connectivity index (χ3v) is 5.26. The number of hydrogen-bond acceptors (Lipinski definition) is 5. The van der Waals surface area contributed by atoms with Crippen LogP contribution in [0.15, 0.2) is 59.1 Å². The van der Waals surface area contributed by atoms with Gasteiger partial charge in [0.05, 0.1) is 18.2 Å². The van der Waals surface area contributed by atoms with Gasteiger partial charge in [0.2, 0.25) is 5.91 Å². The molecule has 0 bridgehead atoms. The number of hydrogen-bond donors (Lipinski definition) is 4. The van der Waals surface area contributed by atoms with E-state index in [0.717, 1.165) is 15.6 Å². The number of amides is 2. The van der Waals surface area contributed by atoms with Crippen molar-refractivity contribution in [2.75, 3.05) is 6.54 Å². The zero-order valence-corrected chi connectivity index (χ0v) is 20.3. The normalized spacial score (nSPS) is 14.3. The van der Waals surface area contributed by atoms with Crippen molar-refractivity contribution in [3.05, 3.63) is 70.2 Å². The number of nitrogens with one attached hydrogen (secondary N) is 2. The first kappa shape index (κ1) is 25.8. The number of halogens is 1. The van der Waals surface area contributed by atoms with E-state index in [1.807, 2.05) is 54.6 Å². The van der Waals surface area contributed by atoms with Crippen LogP contribution < -0.4 is 16.4 Å². The predicted octanol–water partition coefficient (Wildman–Crippen LogP) is 2.93. The first-order chi connectivity index (χ1) is 15.0. The molecule has 7 nitrogen and oxygen atoms in total. The number of carbonyl (C=O) groups excluding carboxylic acids is 2. The van der Waals surface area contributed by atoms with Gasteiger partial charge in [-0.05, 0) is 56.9 Å². The molecule has 2 amide bonds. The average molecular weight is 506 g/mol. The van der Waals surface area contributed by atoms with Crippen molar-refractivity contribution >= 4 is 27.9 Å². The summed E-state index contributed by atoms with van der Waals surface area (Å²) in [6, 6.07) is 15.8. The number of primary amides is 1. The maximum Gasteiger partial charge on any atom is 0.407 e. The molecular weight excluding hydrogens is 474 g/mol. The fourth-order valence-corrected chi connectivity index (χ4v) is 3.41. The van der Waals surface area contributed by atoms with Gasteiger partial charge in [-0.1, -0.05) is 58.4 Å². The molecule has 0 radical (unpaired) electrons. The van der Waals surface area contributed by atoms with E-state index in [9.17, 15) is 14.7 Å². The molecule has 0 fully saturated rings. The van der Waals surface area contributed by atoms with E-state index in [2.05, 4.69) is 26.6 Å². The highest BCUT2D eigenvalue weighted by molar-refractivity contribution is 9.10. The van der Waals surface area contributed by atoms with E-state index in [4.69, 9.17) is 10.5 Å². The van der Waals surface area contributed by atoms with Crippen LogP contribution in [0.2, 0.25) is 0 Å². The fraction of sp³-hybridized carbons (Fsp3) is 0.417. The van der Waals surface area contributed by atoms with Crippen LogP contribution in [0, 0.1) is 0 Å². The molecule has 3 atom stereocenters. The van der Waals surface area contributed by atoms with Gasteiger partial charge in [-0.15, -0.1) is 0 Å². The Balaban J connectivity index is 2.05. The van der Waals surface area contributed by atoms with Gasteiger partial charge >= 0.3 is 6.09 Å². The Morgan fingerprint density at radius 1 is 1.03 bits per heavy atom. The highest BCUT2D eigenvalue weighted by Gasteiger charge is 2.26. The highest BCUT2D eigenvalue weighted by Crippen LogP contribution is 2.13. The second-order valence-electron chi connectivity index (χ2n) is 8.70. The molecule has 0 unspecified atom stereocenters. The van der Waals surface area contributed by atoms with Crippen LogP contribution in [-0.2, 0) is 22.4 Å². The Kier molecular flexibility index (Phi) is 9.68. The van der Waals surface area contributed by atoms with E-state index >= 15 is 0 Å². The van der Waals surface area contributed by atoms with Gasteiger partial charge in [0.1, 0.15) is 5.60 Å². The number of aliphatic hydroxyl groups excluding tert-OH is 1. The highest BCUT2D eigenvalue weighted by atomic mass is 79.9. The van der Waals surface area contributed by atoms with Crippen molar-refractivity contribution in [2.45, 2.75) is 57.4 Å². The minimum absolute atomic E-state index is 0.0669. The topological polar surface area (TPSA) is 114 Å². The lowest BCUT2D eigenvalue weighted by atomic mass is 10.00. The molecule has 0 aromatic heterocycles. The molecule has 0 saturated carbocycles. The maximum absolute atomic E-state index is 12.3. The molecular formula is C24H32BrN3O4. The molecule has 0 spiro atoms. The van der Waals surface area contributed by atoms with Gasteiger partial charge < -0.3 is 26.2 Å². The maximum atomic E-state index is 12.3. The van der Waals surface area contributed by atoms with Crippen molar-refractivity contribution < 1.29 is 19.4 Å². The molecule has 0 aliphatic rings. The first-order valence-corrected chi connectivity index (χ1v) is 11.3. The largest absolute Gasteiger partial charge is 0.444 e. The van der Waals surface area contributed by atoms with Crippen molar-refractivity contribution in [3.8, 4) is 0 Å². The Morgan fingerprint density at radius 2 is 1.62 bits per heavy atom. The van der Waals surface area contributed by atoms with Gasteiger partial charge in [-0.25, -0.2) is 4.79 Å². The minimum atomic E-state index is -0.977. The number of rotatable bonds is 10. The SMILES string of the molecule is CC(C)(C)OC(=O)N[C@@H](Cc1ccccc1)[C@@H](O)CN[C@@H](Cc1ccc(Br)cc1)C(N)=O. The summed E-state index contributed by atoms with van der Waals surface area (Å²) in [5, 5.41) is 16.7. The molecule has 2 aromatic carbocycles. The average Bonchev–Trinajstić information content (AvgIpc) is 2.71. The quantitative estimate of drug-likeness (QED) is 0.396. The molecule has 174 valence electrons. The van der Waals surface area contributed by atoms with E-state index in [0.29, 0.717) is 12.8 Å². The number of aliphatic hydroxyl groups is 1. The molecule has 0 saturated heterocycles. The van der Waals surface area contributed by atoms with Crippen molar-refractivity contribution in [3.63, 3.8) is 0 Å². The van der Waals surface area contributed by atoms with E-state index in [1.54, 1.807) is 20.8 Å². The van der Waals surface area contributed by atoms with Crippen LogP contribution in [0.5, 0.6) is 0 Å². The van der Waals surface area contributed by atoms with Gasteiger partial charge in [-0.2, -0.15) is 0 Å². The number of ether oxygens (including phenoxy) is 1. The summed E-state index contributed by atoms with van der Waals surface area (Å²) in [4.78, 5) is 24.3. The van der Waals surface area contributed by atoms with Crippen LogP contribution in [0.4, 0.5) is 4.79 Å². The summed E-state index contributed by atoms with van der Waals surface area (Å²) < 4.78 is 6.29. The lowest BCUT2D eigenvalue weighted by molar-refractivity contribution is -0.120. The molecule has 5 N–H and O–H groups in total. The molecule has 0 heterocycles. The smallest absolute Gasteiger partial charge is 0.407 e. The standard InChI is InChI=1S/C24H32BrN3O4/c1-24(2,3)32-23(31)28-19(13-16-7-5-4-6-8-16)21(29)15-27-20(22(26)30)14-17-9-11-18(25)12-10-17/h4-12,19-21,27,29H,13-15H2,1-3H3,(H2,26,30)(H,28,31)/t19-,20-,21-/m0/s1. The summed E-state index contributed by atoms with van der Waals surface area (Å²) >= 11 is 3.39. The molecule has 0 aliphatic carbocycles. The van der Waals surface area contributed by atoms with Gasteiger partial charge in [-0.3, -0.25) is 4.79 Å². The van der Waals surface area contributed by atoms with Crippen LogP contribution in [0.3, 0.4) is 0 Å². The Hall–Kier alpha value is -2.42. The summed E-state index contributed by atoms with van der Waals surface area (Å²) in [6.45, 7) is 5.39. The fourth-order valence-electron chi connectivity index (χ4n) is 3.15. The van der Waals surface area contributed by atoms with Crippen LogP contribution >= 0.6 is 15.9 Å². The number of alkyl carbamates (subject to hydrolysis) is 1. The Bertz CT molecular complexity index is 869. The predicted molar refractivity (Wildman–Crippen MR) is 128 cm³/mol. The summed E-state index contributed by atoms with van der Waals surface area (Å²) in [6.07, 6.45) is -0.803. The summed E-state index contributed by atoms with van der Waals surface area (Å²) in [5.74, 6) is -0.514. The number of benzene rings is 2. The van der Waals surface area contributed by atoms with Crippen molar-refractivity contribution in [1.82, 2.24) is 10.6 Å². The van der Waals surface area contributed by atoms with Crippen molar-refractivity contribution in [1.29, 1.82) is 0 Å². The van der Waals surface area contributed by atoms with Gasteiger partial charge in [0.15, 0.2) is 0 Å². The van der Waals surface area contributed by atoms with Crippen LogP contribution in [-0.4, -0.2) is 47.4 Å². The lowest BCUT2D eigenvalue weighted by Crippen LogP contribution is -2.53. The second kappa shape index (κ2) is 12.0. The zero-order chi connectivity index (χ0) is 23.7. The van der Waals surface area contributed by atoms with Crippen molar-refractivity contribution in [2.24, 2.45) is 5.73 Å². The second-order valence-corrected chi connectivity index (χ2v) is 9.62. The Morgan fingerprint density at radius 3 is 2.19 bits per heavy atom. The van der Waals surface area contributed by atoms with Gasteiger partial charge in [0.25, 0.3) is 0 Å². The van der Waals surface area contributed by atoms with E-state index in [1.165, 1.54) is 0 Å². The van der Waals surface area contributed by atoms with E-state index in [-0.39, 0.29) is 6.54 Å². The number of nitrogens with two attached hydrogens (primary N) is 1. The summed E-state index contributed by atoms with van der Waals surface area (Å²) in [7, 11) is 0. The molecule has 32 heavy (non-hydrogen) atoms. The zero-order valence-electron chi connectivity index (χ0n) is 18.7. The van der Waals surface area contributed by atoms with Crippen LogP contribution in [0.1, 0.15) is 31.9 Å².